The Kier molecular flexibility index (Phi) is 3.76. The molecule has 3 heteroatoms. The van der Waals surface area contributed by atoms with E-state index < -0.39 is 0 Å². The molecule has 1 aromatic carbocycles. The molecule has 1 aliphatic heterocycles. The molecule has 4 rings (SSSR count). The van der Waals surface area contributed by atoms with Gasteiger partial charge < -0.3 is 5.73 Å². The first-order chi connectivity index (χ1) is 11.4. The van der Waals surface area contributed by atoms with Gasteiger partial charge in [-0.25, -0.2) is 0 Å². The zero-order chi connectivity index (χ0) is 17.1. The number of fused-ring (bicyclic) bond motifs is 4. The van der Waals surface area contributed by atoms with Crippen molar-refractivity contribution in [1.29, 1.82) is 0 Å². The smallest absolute Gasteiger partial charge is 0.248 e. The molecule has 0 radical (unpaired) electrons. The molecule has 130 valence electrons. The van der Waals surface area contributed by atoms with Gasteiger partial charge in [0.1, 0.15) is 0 Å². The first-order valence-corrected chi connectivity index (χ1v) is 9.57. The van der Waals surface area contributed by atoms with Gasteiger partial charge in [0.25, 0.3) is 0 Å². The Morgan fingerprint density at radius 2 is 2.17 bits per heavy atom. The van der Waals surface area contributed by atoms with Crippen molar-refractivity contribution in [2.45, 2.75) is 57.9 Å². The topological polar surface area (TPSA) is 46.3 Å². The first-order valence-electron chi connectivity index (χ1n) is 9.57. The zero-order valence-electron chi connectivity index (χ0n) is 15.2. The van der Waals surface area contributed by atoms with Crippen LogP contribution in [0.4, 0.5) is 0 Å². The van der Waals surface area contributed by atoms with Crippen LogP contribution < -0.4 is 5.73 Å². The predicted octanol–water partition coefficient (Wildman–Crippen LogP) is 3.36. The fourth-order valence-corrected chi connectivity index (χ4v) is 5.27. The molecule has 0 spiro atoms. The van der Waals surface area contributed by atoms with E-state index in [-0.39, 0.29) is 11.3 Å². The van der Waals surface area contributed by atoms with Gasteiger partial charge in [-0.15, -0.1) is 0 Å². The lowest BCUT2D eigenvalue weighted by Crippen LogP contribution is -2.58. The highest BCUT2D eigenvalue weighted by Gasteiger charge is 2.48. The summed E-state index contributed by atoms with van der Waals surface area (Å²) in [6.07, 6.45) is 5.16. The number of benzene rings is 1. The van der Waals surface area contributed by atoms with Crippen molar-refractivity contribution in [2.75, 3.05) is 13.1 Å². The van der Waals surface area contributed by atoms with Crippen LogP contribution >= 0.6 is 0 Å². The molecular weight excluding hydrogens is 296 g/mol. The second-order valence-corrected chi connectivity index (χ2v) is 8.77. The number of amides is 1. The van der Waals surface area contributed by atoms with Crippen LogP contribution in [0, 0.1) is 17.8 Å². The summed E-state index contributed by atoms with van der Waals surface area (Å²) in [6.45, 7) is 9.69. The number of rotatable bonds is 4. The molecule has 24 heavy (non-hydrogen) atoms. The number of carbonyl (C=O) groups is 1. The molecule has 4 atom stereocenters. The van der Waals surface area contributed by atoms with E-state index in [2.05, 4.69) is 37.8 Å². The maximum Gasteiger partial charge on any atom is 0.248 e. The van der Waals surface area contributed by atoms with E-state index in [0.717, 1.165) is 18.3 Å². The third kappa shape index (κ3) is 2.48. The summed E-state index contributed by atoms with van der Waals surface area (Å²) in [5.74, 6) is 2.11. The number of hydrogen-bond donors (Lipinski definition) is 1. The van der Waals surface area contributed by atoms with E-state index in [9.17, 15) is 4.79 Å². The Balaban J connectivity index is 1.64. The standard InChI is InChI=1S/C21H30N2O/c1-13(15-4-5-15)12-23-9-8-21(3)14(2)19(23)11-16-6-7-17(20(22)24)10-18(16)21/h6-7,10,13-15,19H,4-5,8-9,11-12H2,1-3H3,(H2,22,24)/t13-,14?,19-,21?/m1/s1. The largest absolute Gasteiger partial charge is 0.366 e. The van der Waals surface area contributed by atoms with Gasteiger partial charge in [0.05, 0.1) is 0 Å². The summed E-state index contributed by atoms with van der Waals surface area (Å²) < 4.78 is 0. The van der Waals surface area contributed by atoms with E-state index in [0.29, 0.717) is 17.5 Å². The van der Waals surface area contributed by atoms with Crippen LogP contribution in [0.5, 0.6) is 0 Å². The number of primary amides is 1. The highest BCUT2D eigenvalue weighted by atomic mass is 16.1. The van der Waals surface area contributed by atoms with Crippen molar-refractivity contribution in [2.24, 2.45) is 23.5 Å². The van der Waals surface area contributed by atoms with Crippen LogP contribution in [0.25, 0.3) is 0 Å². The number of hydrogen-bond acceptors (Lipinski definition) is 2. The molecule has 2 bridgehead atoms. The van der Waals surface area contributed by atoms with Crippen LogP contribution in [-0.2, 0) is 11.8 Å². The number of nitrogens with zero attached hydrogens (tertiary/aromatic N) is 1. The lowest BCUT2D eigenvalue weighted by Gasteiger charge is -2.55. The van der Waals surface area contributed by atoms with Crippen molar-refractivity contribution < 1.29 is 4.79 Å². The third-order valence-electron chi connectivity index (χ3n) is 7.36. The summed E-state index contributed by atoms with van der Waals surface area (Å²) in [5, 5.41) is 0. The van der Waals surface area contributed by atoms with Crippen molar-refractivity contribution in [3.8, 4) is 0 Å². The summed E-state index contributed by atoms with van der Waals surface area (Å²) in [5.41, 5.74) is 9.14. The second kappa shape index (κ2) is 5.59. The molecule has 2 unspecified atom stereocenters. The quantitative estimate of drug-likeness (QED) is 0.922. The Morgan fingerprint density at radius 1 is 1.42 bits per heavy atom. The van der Waals surface area contributed by atoms with Gasteiger partial charge in [0.2, 0.25) is 5.91 Å². The summed E-state index contributed by atoms with van der Waals surface area (Å²) in [7, 11) is 0. The van der Waals surface area contributed by atoms with Crippen molar-refractivity contribution >= 4 is 5.91 Å². The third-order valence-corrected chi connectivity index (χ3v) is 7.36. The predicted molar refractivity (Wildman–Crippen MR) is 97.0 cm³/mol. The highest BCUT2D eigenvalue weighted by Crippen LogP contribution is 2.49. The average Bonchev–Trinajstić information content (AvgIpc) is 3.38. The lowest BCUT2D eigenvalue weighted by molar-refractivity contribution is 0.0206. The Bertz CT molecular complexity index is 666. The fourth-order valence-electron chi connectivity index (χ4n) is 5.27. The maximum atomic E-state index is 11.6. The Labute approximate surface area is 145 Å². The number of likely N-dealkylation sites (tertiary alicyclic amines) is 1. The normalized spacial score (nSPS) is 33.8. The van der Waals surface area contributed by atoms with E-state index >= 15 is 0 Å². The van der Waals surface area contributed by atoms with Crippen molar-refractivity contribution in [3.05, 3.63) is 34.9 Å². The van der Waals surface area contributed by atoms with Crippen molar-refractivity contribution in [3.63, 3.8) is 0 Å². The SMILES string of the molecule is CC1[C@H]2Cc3ccc(C(N)=O)cc3C1(C)CCN2C[C@@H](C)C1CC1. The zero-order valence-corrected chi connectivity index (χ0v) is 15.2. The molecule has 1 heterocycles. The molecule has 3 nitrogen and oxygen atoms in total. The number of piperidine rings is 1. The van der Waals surface area contributed by atoms with Crippen molar-refractivity contribution in [1.82, 2.24) is 4.90 Å². The van der Waals surface area contributed by atoms with Gasteiger partial charge in [-0.05, 0) is 78.7 Å². The molecular formula is C21H30N2O. The summed E-state index contributed by atoms with van der Waals surface area (Å²) in [4.78, 5) is 14.4. The molecule has 0 aromatic heterocycles. The number of nitrogens with two attached hydrogens (primary N) is 1. The van der Waals surface area contributed by atoms with Gasteiger partial charge >= 0.3 is 0 Å². The van der Waals surface area contributed by atoms with Crippen LogP contribution in [0.3, 0.4) is 0 Å². The van der Waals surface area contributed by atoms with Gasteiger partial charge in [-0.2, -0.15) is 0 Å². The maximum absolute atomic E-state index is 11.6. The average molecular weight is 326 g/mol. The molecule has 1 saturated heterocycles. The van der Waals surface area contributed by atoms with Gasteiger partial charge in [0, 0.05) is 18.2 Å². The van der Waals surface area contributed by atoms with Gasteiger partial charge in [-0.3, -0.25) is 9.69 Å². The minimum atomic E-state index is -0.313. The molecule has 3 aliphatic rings. The second-order valence-electron chi connectivity index (χ2n) is 8.77. The minimum absolute atomic E-state index is 0.170. The van der Waals surface area contributed by atoms with Crippen LogP contribution in [-0.4, -0.2) is 29.9 Å². The Morgan fingerprint density at radius 3 is 2.83 bits per heavy atom. The highest BCUT2D eigenvalue weighted by molar-refractivity contribution is 5.93. The first kappa shape index (κ1) is 16.1. The minimum Gasteiger partial charge on any atom is -0.366 e. The molecule has 1 amide bonds. The molecule has 2 aliphatic carbocycles. The van der Waals surface area contributed by atoms with Gasteiger partial charge in [0.15, 0.2) is 0 Å². The lowest BCUT2D eigenvalue weighted by atomic mass is 9.58. The summed E-state index contributed by atoms with van der Waals surface area (Å²) in [6, 6.07) is 6.78. The number of carbonyl (C=O) groups excluding carboxylic acids is 1. The van der Waals surface area contributed by atoms with Crippen LogP contribution in [0.2, 0.25) is 0 Å². The monoisotopic (exact) mass is 326 g/mol. The molecule has 2 fully saturated rings. The van der Waals surface area contributed by atoms with E-state index in [4.69, 9.17) is 5.73 Å². The molecule has 2 N–H and O–H groups in total. The van der Waals surface area contributed by atoms with Crippen LogP contribution in [0.15, 0.2) is 18.2 Å². The van der Waals surface area contributed by atoms with Crippen LogP contribution in [0.1, 0.15) is 61.5 Å². The molecule has 1 aromatic rings. The van der Waals surface area contributed by atoms with E-state index in [1.54, 1.807) is 0 Å². The fraction of sp³-hybridized carbons (Fsp3) is 0.667. The Hall–Kier alpha value is -1.35. The van der Waals surface area contributed by atoms with E-state index in [1.807, 2.05) is 6.07 Å². The molecule has 1 saturated carbocycles. The van der Waals surface area contributed by atoms with E-state index in [1.165, 1.54) is 43.5 Å². The van der Waals surface area contributed by atoms with Gasteiger partial charge in [-0.1, -0.05) is 26.8 Å². The summed E-state index contributed by atoms with van der Waals surface area (Å²) >= 11 is 0.